The van der Waals surface area contributed by atoms with Crippen molar-refractivity contribution in [3.63, 3.8) is 0 Å². The highest BCUT2D eigenvalue weighted by molar-refractivity contribution is 4.80. The van der Waals surface area contributed by atoms with Crippen molar-refractivity contribution in [1.82, 2.24) is 45.7 Å². The number of likely N-dealkylation sites (N-methyl/N-ethyl adjacent to an activating group) is 1. The van der Waals surface area contributed by atoms with Gasteiger partial charge in [0.25, 0.3) is 0 Å². The summed E-state index contributed by atoms with van der Waals surface area (Å²) < 4.78 is 1.92. The molecule has 3 aliphatic rings. The molecular formula is C38H75N11. The van der Waals surface area contributed by atoms with Crippen LogP contribution in [0.4, 0.5) is 0 Å². The quantitative estimate of drug-likeness (QED) is 0.107. The van der Waals surface area contributed by atoms with Crippen LogP contribution < -0.4 is 27.2 Å². The van der Waals surface area contributed by atoms with Crippen LogP contribution in [0.25, 0.3) is 0 Å². The second-order valence-corrected chi connectivity index (χ2v) is 13.5. The highest BCUT2D eigenvalue weighted by Crippen LogP contribution is 2.23. The zero-order valence-electron chi connectivity index (χ0n) is 32.3. The first-order valence-electron chi connectivity index (χ1n) is 19.6. The van der Waals surface area contributed by atoms with Crippen LogP contribution in [0.3, 0.4) is 0 Å². The predicted molar refractivity (Wildman–Crippen MR) is 208 cm³/mol. The molecule has 0 unspecified atom stereocenters. The first-order chi connectivity index (χ1) is 24.0. The SMILES string of the molecule is CC1CCCCC1.CC1CCCCC1.CC1CCCCC1.CCNCCn1cccn1.CCNNn1cccn1.CCNNn1cccn1. The Morgan fingerprint density at radius 2 is 0.898 bits per heavy atom. The molecule has 3 saturated carbocycles. The average Bonchev–Trinajstić information content (AvgIpc) is 3.95. The molecule has 3 heterocycles. The normalized spacial score (nSPS) is 16.4. The summed E-state index contributed by atoms with van der Waals surface area (Å²) >= 11 is 0. The van der Waals surface area contributed by atoms with E-state index in [-0.39, 0.29) is 0 Å². The molecule has 6 rings (SSSR count). The molecule has 3 aliphatic carbocycles. The Kier molecular flexibility index (Phi) is 29.1. The molecule has 0 radical (unpaired) electrons. The molecule has 282 valence electrons. The van der Waals surface area contributed by atoms with E-state index < -0.39 is 0 Å². The van der Waals surface area contributed by atoms with Gasteiger partial charge in [0.2, 0.25) is 0 Å². The molecule has 5 N–H and O–H groups in total. The van der Waals surface area contributed by atoms with E-state index in [0.717, 1.165) is 50.5 Å². The van der Waals surface area contributed by atoms with Crippen LogP contribution in [0, 0.1) is 17.8 Å². The van der Waals surface area contributed by atoms with Gasteiger partial charge in [-0.05, 0) is 42.5 Å². The van der Waals surface area contributed by atoms with Crippen LogP contribution in [0.15, 0.2) is 55.4 Å². The van der Waals surface area contributed by atoms with Gasteiger partial charge < -0.3 is 5.32 Å². The van der Waals surface area contributed by atoms with Crippen molar-refractivity contribution in [2.75, 3.05) is 37.2 Å². The van der Waals surface area contributed by atoms with Crippen molar-refractivity contribution in [1.29, 1.82) is 0 Å². The molecule has 11 nitrogen and oxygen atoms in total. The average molecular weight is 686 g/mol. The van der Waals surface area contributed by atoms with E-state index in [4.69, 9.17) is 0 Å². The van der Waals surface area contributed by atoms with Crippen LogP contribution >= 0.6 is 0 Å². The standard InChI is InChI=1S/C7H13N3.3C7H14.2C5H10N4/c1-2-8-5-7-10-6-3-4-9-10;3*1-7-5-3-2-4-6-7;2*1-2-6-8-9-5-3-4-7-9/h3-4,6,8H,2,5,7H2,1H3;3*7H,2-6H2,1H3;2*3-6,8H,2H2,1H3. The highest BCUT2D eigenvalue weighted by Gasteiger charge is 2.07. The lowest BCUT2D eigenvalue weighted by Crippen LogP contribution is -2.30. The molecule has 11 heteroatoms. The summed E-state index contributed by atoms with van der Waals surface area (Å²) in [6.45, 7) is 17.9. The Morgan fingerprint density at radius 1 is 0.510 bits per heavy atom. The van der Waals surface area contributed by atoms with Gasteiger partial charge in [-0.3, -0.25) is 4.68 Å². The summed E-state index contributed by atoms with van der Waals surface area (Å²) in [6.07, 6.45) is 33.1. The Hall–Kier alpha value is -2.89. The van der Waals surface area contributed by atoms with E-state index in [0.29, 0.717) is 0 Å². The van der Waals surface area contributed by atoms with E-state index >= 15 is 0 Å². The first kappa shape index (κ1) is 44.1. The Balaban J connectivity index is 0.000000296. The van der Waals surface area contributed by atoms with Gasteiger partial charge in [-0.2, -0.15) is 24.9 Å². The molecular weight excluding hydrogens is 610 g/mol. The molecule has 0 aromatic carbocycles. The van der Waals surface area contributed by atoms with Crippen LogP contribution in [0.1, 0.15) is 138 Å². The third-order valence-electron chi connectivity index (χ3n) is 8.76. The maximum absolute atomic E-state index is 4.06. The number of aromatic nitrogens is 6. The fraction of sp³-hybridized carbons (Fsp3) is 0.763. The van der Waals surface area contributed by atoms with Crippen LogP contribution in [-0.2, 0) is 6.54 Å². The number of hydrogen-bond donors (Lipinski definition) is 5. The maximum Gasteiger partial charge on any atom is 0.0533 e. The van der Waals surface area contributed by atoms with Gasteiger partial charge in [-0.15, -0.1) is 0 Å². The number of nitrogens with zero attached hydrogens (tertiary/aromatic N) is 6. The second kappa shape index (κ2) is 32.3. The molecule has 0 atom stereocenters. The minimum Gasteiger partial charge on any atom is -0.315 e. The van der Waals surface area contributed by atoms with Crippen molar-refractivity contribution in [2.45, 2.75) is 144 Å². The predicted octanol–water partition coefficient (Wildman–Crippen LogP) is 8.15. The summed E-state index contributed by atoms with van der Waals surface area (Å²) in [6, 6.07) is 5.64. The zero-order chi connectivity index (χ0) is 35.6. The van der Waals surface area contributed by atoms with Crippen molar-refractivity contribution in [3.05, 3.63) is 55.4 Å². The fourth-order valence-electron chi connectivity index (χ4n) is 5.71. The summed E-state index contributed by atoms with van der Waals surface area (Å²) in [5, 5.41) is 15.1. The number of nitrogens with one attached hydrogen (secondary N) is 5. The summed E-state index contributed by atoms with van der Waals surface area (Å²) in [5.41, 5.74) is 11.5. The molecule has 0 saturated heterocycles. The monoisotopic (exact) mass is 686 g/mol. The van der Waals surface area contributed by atoms with E-state index in [1.54, 1.807) is 28.2 Å². The zero-order valence-corrected chi connectivity index (χ0v) is 32.3. The van der Waals surface area contributed by atoms with Gasteiger partial charge in [0.05, 0.1) is 18.9 Å². The molecule has 0 aliphatic heterocycles. The molecule has 3 aromatic heterocycles. The van der Waals surface area contributed by atoms with Gasteiger partial charge in [0, 0.05) is 44.4 Å². The first-order valence-corrected chi connectivity index (χ1v) is 19.6. The number of rotatable bonds is 10. The highest BCUT2D eigenvalue weighted by atomic mass is 15.7. The van der Waals surface area contributed by atoms with Crippen molar-refractivity contribution in [2.24, 2.45) is 17.8 Å². The Bertz CT molecular complexity index is 915. The van der Waals surface area contributed by atoms with Crippen LogP contribution in [-0.4, -0.2) is 55.7 Å². The van der Waals surface area contributed by atoms with Crippen LogP contribution in [0.5, 0.6) is 0 Å². The van der Waals surface area contributed by atoms with Crippen molar-refractivity contribution in [3.8, 4) is 0 Å². The molecule has 0 spiro atoms. The summed E-state index contributed by atoms with van der Waals surface area (Å²) in [7, 11) is 0. The van der Waals surface area contributed by atoms with Gasteiger partial charge in [-0.1, -0.05) is 138 Å². The molecule has 3 fully saturated rings. The third kappa shape index (κ3) is 27.6. The second-order valence-electron chi connectivity index (χ2n) is 13.5. The summed E-state index contributed by atoms with van der Waals surface area (Å²) in [5.74, 6) is 3.11. The lowest BCUT2D eigenvalue weighted by Gasteiger charge is -2.15. The smallest absolute Gasteiger partial charge is 0.0533 e. The lowest BCUT2D eigenvalue weighted by molar-refractivity contribution is 0.385. The van der Waals surface area contributed by atoms with E-state index in [1.165, 1.54) is 96.3 Å². The Labute approximate surface area is 300 Å². The summed E-state index contributed by atoms with van der Waals surface area (Å²) in [4.78, 5) is 3.20. The molecule has 3 aromatic rings. The third-order valence-corrected chi connectivity index (χ3v) is 8.76. The largest absolute Gasteiger partial charge is 0.315 e. The van der Waals surface area contributed by atoms with Crippen molar-refractivity contribution < 1.29 is 0 Å². The van der Waals surface area contributed by atoms with Gasteiger partial charge >= 0.3 is 0 Å². The molecule has 49 heavy (non-hydrogen) atoms. The van der Waals surface area contributed by atoms with Crippen molar-refractivity contribution >= 4 is 0 Å². The molecule has 0 bridgehead atoms. The van der Waals surface area contributed by atoms with Crippen LogP contribution in [0.2, 0.25) is 0 Å². The Morgan fingerprint density at radius 3 is 1.16 bits per heavy atom. The van der Waals surface area contributed by atoms with Gasteiger partial charge in [0.1, 0.15) is 0 Å². The minimum atomic E-state index is 0.875. The van der Waals surface area contributed by atoms with Gasteiger partial charge in [-0.25, -0.2) is 21.9 Å². The minimum absolute atomic E-state index is 0.875. The number of hydrazine groups is 2. The number of hydrogen-bond acceptors (Lipinski definition) is 8. The fourth-order valence-corrected chi connectivity index (χ4v) is 5.71. The molecule has 0 amide bonds. The van der Waals surface area contributed by atoms with E-state index in [2.05, 4.69) is 70.2 Å². The maximum atomic E-state index is 4.06. The topological polar surface area (TPSA) is 114 Å². The van der Waals surface area contributed by atoms with E-state index in [1.807, 2.05) is 55.3 Å². The van der Waals surface area contributed by atoms with E-state index in [9.17, 15) is 0 Å². The van der Waals surface area contributed by atoms with Gasteiger partial charge in [0.15, 0.2) is 0 Å². The lowest BCUT2D eigenvalue weighted by atomic mass is 9.91.